The summed E-state index contributed by atoms with van der Waals surface area (Å²) in [5, 5.41) is 22.0. The van der Waals surface area contributed by atoms with Crippen LogP contribution < -0.4 is 10.7 Å². The van der Waals surface area contributed by atoms with Gasteiger partial charge in [-0.2, -0.15) is 5.26 Å². The molecule has 0 N–H and O–H groups in total. The minimum absolute atomic E-state index is 0.0835. The highest BCUT2D eigenvalue weighted by Crippen LogP contribution is 2.30. The summed E-state index contributed by atoms with van der Waals surface area (Å²) in [5.74, 6) is -1.68. The highest BCUT2D eigenvalue weighted by atomic mass is 16.3. The maximum atomic E-state index is 13.0. The number of allylic oxidation sites excluding steroid dienone is 2. The Balaban J connectivity index is 2.54. The summed E-state index contributed by atoms with van der Waals surface area (Å²) in [6.07, 6.45) is 8.24. The molecule has 1 aromatic heterocycles. The zero-order valence-electron chi connectivity index (χ0n) is 20.1. The topological polar surface area (TPSA) is 111 Å². The summed E-state index contributed by atoms with van der Waals surface area (Å²) in [6, 6.07) is 1.90. The number of carbonyl (C=O) groups is 2. The van der Waals surface area contributed by atoms with Crippen molar-refractivity contribution in [1.82, 2.24) is 9.47 Å². The molecule has 1 aliphatic heterocycles. The standard InChI is InChI=1S/C26H30N4O4/c1-6-8-10-15-29-23(31)19(17(3)21(16-27)25(29)33)12-11-13-20-18(4)22(28-5)26(34)30(24(20)32)14-9-7-2/h11-13,34H,6-10,14-15H2,1-4H3/p-1. The van der Waals surface area contributed by atoms with Crippen LogP contribution in [0, 0.1) is 24.8 Å². The van der Waals surface area contributed by atoms with Gasteiger partial charge in [0, 0.05) is 24.2 Å². The Bertz CT molecular complexity index is 1220. The molecule has 0 fully saturated rings. The lowest BCUT2D eigenvalue weighted by Crippen LogP contribution is -2.43. The third-order valence-corrected chi connectivity index (χ3v) is 5.87. The summed E-state index contributed by atoms with van der Waals surface area (Å²) >= 11 is 0. The number of carbonyl (C=O) groups excluding carboxylic acids is 2. The first-order chi connectivity index (χ1) is 16.2. The van der Waals surface area contributed by atoms with E-state index in [1.807, 2.05) is 19.9 Å². The molecule has 8 nitrogen and oxygen atoms in total. The first-order valence-electron chi connectivity index (χ1n) is 11.4. The van der Waals surface area contributed by atoms with Crippen molar-refractivity contribution in [3.05, 3.63) is 61.8 Å². The number of pyridine rings is 1. The molecular weight excluding hydrogens is 432 g/mol. The number of nitrogens with zero attached hydrogens (tertiary/aromatic N) is 4. The van der Waals surface area contributed by atoms with Gasteiger partial charge in [0.25, 0.3) is 17.4 Å². The quantitative estimate of drug-likeness (QED) is 0.240. The maximum absolute atomic E-state index is 13.0. The van der Waals surface area contributed by atoms with Gasteiger partial charge in [0.2, 0.25) is 0 Å². The van der Waals surface area contributed by atoms with Crippen molar-refractivity contribution < 1.29 is 14.7 Å². The summed E-state index contributed by atoms with van der Waals surface area (Å²) in [6.45, 7) is 14.9. The average molecular weight is 462 g/mol. The first kappa shape index (κ1) is 26.3. The number of hydrogen-bond acceptors (Lipinski definition) is 5. The molecule has 1 aliphatic rings. The summed E-state index contributed by atoms with van der Waals surface area (Å²) < 4.78 is 1.08. The molecule has 0 radical (unpaired) electrons. The van der Waals surface area contributed by atoms with E-state index in [0.29, 0.717) is 12.8 Å². The van der Waals surface area contributed by atoms with Crippen LogP contribution in [0.5, 0.6) is 5.88 Å². The number of unbranched alkanes of at least 4 members (excludes halogenated alkanes) is 3. The van der Waals surface area contributed by atoms with Crippen molar-refractivity contribution in [2.24, 2.45) is 0 Å². The predicted molar refractivity (Wildman–Crippen MR) is 128 cm³/mol. The fraction of sp³-hybridized carbons (Fsp3) is 0.423. The first-order valence-corrected chi connectivity index (χ1v) is 11.4. The van der Waals surface area contributed by atoms with E-state index in [4.69, 9.17) is 6.57 Å². The Morgan fingerprint density at radius 3 is 2.32 bits per heavy atom. The molecule has 8 heteroatoms. The number of hydrogen-bond donors (Lipinski definition) is 0. The van der Waals surface area contributed by atoms with Crippen LogP contribution >= 0.6 is 0 Å². The Morgan fingerprint density at radius 2 is 1.74 bits per heavy atom. The highest BCUT2D eigenvalue weighted by molar-refractivity contribution is 6.18. The van der Waals surface area contributed by atoms with Gasteiger partial charge < -0.3 is 9.67 Å². The second-order valence-corrected chi connectivity index (χ2v) is 8.13. The molecular formula is C26H29N4O4-. The third kappa shape index (κ3) is 5.18. The zero-order chi connectivity index (χ0) is 25.4. The Morgan fingerprint density at radius 1 is 1.06 bits per heavy atom. The van der Waals surface area contributed by atoms with Crippen LogP contribution in [0.15, 0.2) is 33.7 Å². The lowest BCUT2D eigenvalue weighted by atomic mass is 9.94. The predicted octanol–water partition coefficient (Wildman–Crippen LogP) is 3.92. The van der Waals surface area contributed by atoms with E-state index < -0.39 is 23.3 Å². The second-order valence-electron chi connectivity index (χ2n) is 8.13. The number of aromatic nitrogens is 1. The van der Waals surface area contributed by atoms with Crippen molar-refractivity contribution in [3.63, 3.8) is 0 Å². The molecule has 0 saturated heterocycles. The lowest BCUT2D eigenvalue weighted by Gasteiger charge is -2.27. The van der Waals surface area contributed by atoms with Crippen LogP contribution in [0.1, 0.15) is 64.0 Å². The molecule has 0 aliphatic carbocycles. The van der Waals surface area contributed by atoms with Crippen molar-refractivity contribution in [3.8, 4) is 11.9 Å². The van der Waals surface area contributed by atoms with Gasteiger partial charge in [0.05, 0.1) is 6.57 Å². The molecule has 0 saturated carbocycles. The molecule has 2 rings (SSSR count). The number of nitriles is 1. The molecule has 0 aromatic carbocycles. The van der Waals surface area contributed by atoms with Crippen molar-refractivity contribution in [1.29, 1.82) is 5.26 Å². The lowest BCUT2D eigenvalue weighted by molar-refractivity contribution is -0.278. The van der Waals surface area contributed by atoms with Gasteiger partial charge in [0.15, 0.2) is 5.69 Å². The van der Waals surface area contributed by atoms with E-state index in [2.05, 4.69) is 4.85 Å². The molecule has 2 amide bonds. The van der Waals surface area contributed by atoms with E-state index in [-0.39, 0.29) is 46.6 Å². The van der Waals surface area contributed by atoms with Gasteiger partial charge in [-0.15, -0.1) is 0 Å². The largest absolute Gasteiger partial charge is 0.869 e. The van der Waals surface area contributed by atoms with E-state index in [9.17, 15) is 24.8 Å². The molecule has 2 heterocycles. The minimum Gasteiger partial charge on any atom is -0.869 e. The molecule has 178 valence electrons. The van der Waals surface area contributed by atoms with Gasteiger partial charge in [-0.05, 0) is 49.8 Å². The molecule has 34 heavy (non-hydrogen) atoms. The fourth-order valence-electron chi connectivity index (χ4n) is 3.78. The zero-order valence-corrected chi connectivity index (χ0v) is 20.1. The van der Waals surface area contributed by atoms with E-state index in [0.717, 1.165) is 28.7 Å². The number of amides is 2. The van der Waals surface area contributed by atoms with E-state index in [1.54, 1.807) is 13.8 Å². The minimum atomic E-state index is -0.595. The molecule has 0 spiro atoms. The van der Waals surface area contributed by atoms with Gasteiger partial charge in [0.1, 0.15) is 11.6 Å². The van der Waals surface area contributed by atoms with Crippen molar-refractivity contribution >= 4 is 23.6 Å². The number of imide groups is 1. The van der Waals surface area contributed by atoms with Gasteiger partial charge in [-0.25, -0.2) is 4.85 Å². The summed E-state index contributed by atoms with van der Waals surface area (Å²) in [4.78, 5) is 43.0. The smallest absolute Gasteiger partial charge is 0.271 e. The van der Waals surface area contributed by atoms with Gasteiger partial charge in [-0.1, -0.05) is 45.3 Å². The van der Waals surface area contributed by atoms with Crippen LogP contribution in [-0.4, -0.2) is 27.8 Å². The number of rotatable bonds is 9. The third-order valence-electron chi connectivity index (χ3n) is 5.87. The summed E-state index contributed by atoms with van der Waals surface area (Å²) in [5.41, 5.74) is 0.270. The summed E-state index contributed by atoms with van der Waals surface area (Å²) in [7, 11) is 0. The van der Waals surface area contributed by atoms with Crippen LogP contribution in [0.2, 0.25) is 0 Å². The normalized spacial score (nSPS) is 15.4. The van der Waals surface area contributed by atoms with E-state index >= 15 is 0 Å². The van der Waals surface area contributed by atoms with Crippen molar-refractivity contribution in [2.75, 3.05) is 6.54 Å². The van der Waals surface area contributed by atoms with Gasteiger partial charge in [-0.3, -0.25) is 19.3 Å². The highest BCUT2D eigenvalue weighted by Gasteiger charge is 2.34. The van der Waals surface area contributed by atoms with E-state index in [1.165, 1.54) is 18.2 Å². The fourth-order valence-corrected chi connectivity index (χ4v) is 3.78. The maximum Gasteiger partial charge on any atom is 0.271 e. The Kier molecular flexibility index (Phi) is 9.15. The monoisotopic (exact) mass is 461 g/mol. The van der Waals surface area contributed by atoms with Crippen LogP contribution in [0.25, 0.3) is 10.9 Å². The molecule has 0 unspecified atom stereocenters. The Hall–Kier alpha value is -3.91. The molecule has 0 atom stereocenters. The van der Waals surface area contributed by atoms with Gasteiger partial charge >= 0.3 is 0 Å². The van der Waals surface area contributed by atoms with Crippen molar-refractivity contribution in [2.45, 2.75) is 66.3 Å². The average Bonchev–Trinajstić information content (AvgIpc) is 2.81. The van der Waals surface area contributed by atoms with Crippen LogP contribution in [0.4, 0.5) is 5.69 Å². The molecule has 0 bridgehead atoms. The second kappa shape index (κ2) is 11.8. The SMILES string of the molecule is [C-]#[N+]c1c(C)c(C=CC=C2C(=O)N(CCCCC)C(=O)C(C#N)=C2C)c(=O)n(CCCC)c1[O-]. The van der Waals surface area contributed by atoms with Crippen LogP contribution in [-0.2, 0) is 16.1 Å². The van der Waals surface area contributed by atoms with Crippen LogP contribution in [0.3, 0.4) is 0 Å². The molecule has 1 aromatic rings. The Labute approximate surface area is 199 Å².